The third-order valence-corrected chi connectivity index (χ3v) is 11.3. The van der Waals surface area contributed by atoms with Gasteiger partial charge < -0.3 is 19.5 Å². The van der Waals surface area contributed by atoms with Gasteiger partial charge in [0, 0.05) is 13.1 Å². The second-order valence-electron chi connectivity index (χ2n) is 10.2. The summed E-state index contributed by atoms with van der Waals surface area (Å²) in [4.78, 5) is 20.4. The van der Waals surface area contributed by atoms with Crippen molar-refractivity contribution in [3.8, 4) is 0 Å². The van der Waals surface area contributed by atoms with Crippen molar-refractivity contribution in [2.75, 3.05) is 19.7 Å². The number of piperidine rings is 1. The first-order valence-electron chi connectivity index (χ1n) is 11.5. The Bertz CT molecular complexity index is 750. The number of urea groups is 1. The Morgan fingerprint density at radius 3 is 2.68 bits per heavy atom. The third kappa shape index (κ3) is 5.29. The molecule has 0 radical (unpaired) electrons. The number of aromatic nitrogens is 2. The first-order valence-corrected chi connectivity index (χ1v) is 14.4. The molecule has 1 unspecified atom stereocenters. The lowest BCUT2D eigenvalue weighted by atomic mass is 10.0. The molecule has 2 aliphatic heterocycles. The summed E-state index contributed by atoms with van der Waals surface area (Å²) in [6, 6.07) is -0.213. The highest BCUT2D eigenvalue weighted by Gasteiger charge is 2.47. The minimum atomic E-state index is -1.95. The van der Waals surface area contributed by atoms with E-state index in [-0.39, 0.29) is 29.3 Å². The van der Waals surface area contributed by atoms with Crippen molar-refractivity contribution in [2.45, 2.75) is 96.1 Å². The van der Waals surface area contributed by atoms with Gasteiger partial charge in [0.25, 0.3) is 0 Å². The summed E-state index contributed by atoms with van der Waals surface area (Å²) >= 11 is 0. The van der Waals surface area contributed by atoms with Crippen LogP contribution in [0.3, 0.4) is 0 Å². The zero-order valence-electron chi connectivity index (χ0n) is 19.9. The quantitative estimate of drug-likeness (QED) is 0.426. The average molecular weight is 454 g/mol. The highest BCUT2D eigenvalue weighted by atomic mass is 28.4. The van der Waals surface area contributed by atoms with Crippen LogP contribution in [0.1, 0.15) is 71.2 Å². The smallest absolute Gasteiger partial charge is 0.345 e. The molecule has 2 amide bonds. The minimum Gasteiger partial charge on any atom is -0.423 e. The fourth-order valence-electron chi connectivity index (χ4n) is 3.81. The Labute approximate surface area is 186 Å². The number of carbonyl (C=O) groups excluding carboxylic acids is 1. The molecule has 2 fully saturated rings. The molecular weight excluding hydrogens is 414 g/mol. The monoisotopic (exact) mass is 453 g/mol. The van der Waals surface area contributed by atoms with E-state index in [2.05, 4.69) is 51.0 Å². The van der Waals surface area contributed by atoms with Crippen molar-refractivity contribution >= 4 is 14.3 Å². The molecule has 10 heteroatoms. The lowest BCUT2D eigenvalue weighted by molar-refractivity contribution is -0.130. The molecule has 3 heterocycles. The van der Waals surface area contributed by atoms with Crippen LogP contribution in [-0.2, 0) is 15.7 Å². The molecule has 0 saturated carbocycles. The van der Waals surface area contributed by atoms with Gasteiger partial charge in [-0.3, -0.25) is 4.84 Å². The van der Waals surface area contributed by atoms with Gasteiger partial charge in [-0.2, -0.15) is 5.06 Å². The summed E-state index contributed by atoms with van der Waals surface area (Å²) < 4.78 is 12.4. The Kier molecular flexibility index (Phi) is 7.45. The molecule has 9 nitrogen and oxygen atoms in total. The van der Waals surface area contributed by atoms with Crippen molar-refractivity contribution in [1.82, 2.24) is 20.2 Å². The predicted octanol–water partition coefficient (Wildman–Crippen LogP) is 3.63. The summed E-state index contributed by atoms with van der Waals surface area (Å²) in [5.74, 6) is 0.995. The van der Waals surface area contributed by atoms with Crippen LogP contribution < -0.4 is 5.73 Å². The highest BCUT2D eigenvalue weighted by molar-refractivity contribution is 6.74. The Hall–Kier alpha value is -1.49. The number of hydroxylamine groups is 2. The molecule has 3 rings (SSSR count). The Balaban J connectivity index is 1.64. The van der Waals surface area contributed by atoms with Crippen LogP contribution in [0, 0.1) is 0 Å². The molecular formula is C21H39N5O4Si. The summed E-state index contributed by atoms with van der Waals surface area (Å²) in [5, 5.41) is 10.2. The molecule has 0 aromatic carbocycles. The Morgan fingerprint density at radius 1 is 1.29 bits per heavy atom. The van der Waals surface area contributed by atoms with Crippen molar-refractivity contribution < 1.29 is 18.5 Å². The van der Waals surface area contributed by atoms with E-state index >= 15 is 0 Å². The summed E-state index contributed by atoms with van der Waals surface area (Å²) in [5.41, 5.74) is 5.99. The standard InChI is InChI=1S/C21H39N5O4Si/c1-7-8-11-28-26-15-9-10-17(25(14-15)20(26)27)19-24-23-18(29-19)12-16(13-22)30-31(5,6)21(2,3)4/h15-17H,7-14,22H2,1-6H3/t15-,16?,17-/m0/s1. The molecule has 2 saturated heterocycles. The van der Waals surface area contributed by atoms with Gasteiger partial charge in [0.2, 0.25) is 11.8 Å². The van der Waals surface area contributed by atoms with E-state index in [9.17, 15) is 4.79 Å². The van der Waals surface area contributed by atoms with Crippen LogP contribution in [0.2, 0.25) is 18.1 Å². The van der Waals surface area contributed by atoms with E-state index in [1.54, 1.807) is 9.96 Å². The van der Waals surface area contributed by atoms with Gasteiger partial charge in [-0.1, -0.05) is 34.1 Å². The fraction of sp³-hybridized carbons (Fsp3) is 0.857. The van der Waals surface area contributed by atoms with Crippen molar-refractivity contribution in [3.05, 3.63) is 11.8 Å². The maximum absolute atomic E-state index is 12.9. The normalized spacial score (nSPS) is 23.0. The van der Waals surface area contributed by atoms with Gasteiger partial charge >= 0.3 is 6.03 Å². The second-order valence-corrected chi connectivity index (χ2v) is 14.9. The van der Waals surface area contributed by atoms with E-state index in [1.165, 1.54) is 0 Å². The van der Waals surface area contributed by atoms with Crippen LogP contribution in [0.5, 0.6) is 0 Å². The van der Waals surface area contributed by atoms with E-state index in [0.29, 0.717) is 37.9 Å². The number of fused-ring (bicyclic) bond motifs is 2. The lowest BCUT2D eigenvalue weighted by Gasteiger charge is -2.38. The molecule has 1 aromatic rings. The highest BCUT2D eigenvalue weighted by Crippen LogP contribution is 2.39. The lowest BCUT2D eigenvalue weighted by Crippen LogP contribution is -2.46. The molecule has 31 heavy (non-hydrogen) atoms. The number of hydrogen-bond acceptors (Lipinski definition) is 7. The minimum absolute atomic E-state index is 0.0975. The summed E-state index contributed by atoms with van der Waals surface area (Å²) in [6.07, 6.45) is 3.92. The summed E-state index contributed by atoms with van der Waals surface area (Å²) in [7, 11) is -1.95. The number of nitrogens with two attached hydrogens (primary N) is 1. The zero-order chi connectivity index (χ0) is 22.8. The van der Waals surface area contributed by atoms with Gasteiger partial charge in [-0.05, 0) is 37.4 Å². The maximum atomic E-state index is 12.9. The van der Waals surface area contributed by atoms with E-state index < -0.39 is 8.32 Å². The van der Waals surface area contributed by atoms with Gasteiger partial charge in [0.05, 0.1) is 25.2 Å². The van der Waals surface area contributed by atoms with Gasteiger partial charge in [-0.25, -0.2) is 4.79 Å². The zero-order valence-corrected chi connectivity index (χ0v) is 20.9. The van der Waals surface area contributed by atoms with Crippen molar-refractivity contribution in [2.24, 2.45) is 5.73 Å². The topological polar surface area (TPSA) is 107 Å². The average Bonchev–Trinajstić information content (AvgIpc) is 3.25. The van der Waals surface area contributed by atoms with Crippen LogP contribution in [-0.4, -0.2) is 66.4 Å². The number of unbranched alkanes of at least 4 members (excludes halogenated alkanes) is 1. The van der Waals surface area contributed by atoms with Crippen molar-refractivity contribution in [3.63, 3.8) is 0 Å². The van der Waals surface area contributed by atoms with Crippen LogP contribution in [0.25, 0.3) is 0 Å². The third-order valence-electron chi connectivity index (χ3n) is 6.75. The van der Waals surface area contributed by atoms with E-state index in [1.807, 2.05) is 0 Å². The number of rotatable bonds is 10. The van der Waals surface area contributed by atoms with E-state index in [0.717, 1.165) is 25.7 Å². The van der Waals surface area contributed by atoms with Gasteiger partial charge in [0.15, 0.2) is 8.32 Å². The molecule has 1 aromatic heterocycles. The molecule has 176 valence electrons. The SMILES string of the molecule is CCCCON1C(=O)N2C[C@@H]1CC[C@H]2c1nnc(CC(CN)O[Si](C)(C)C(C)(C)C)o1. The van der Waals surface area contributed by atoms with Gasteiger partial charge in [0.1, 0.15) is 6.04 Å². The number of amides is 2. The molecule has 2 N–H and O–H groups in total. The fourth-order valence-corrected chi connectivity index (χ4v) is 5.17. The van der Waals surface area contributed by atoms with Crippen LogP contribution in [0.4, 0.5) is 4.79 Å². The number of carbonyl (C=O) groups is 1. The predicted molar refractivity (Wildman–Crippen MR) is 120 cm³/mol. The second kappa shape index (κ2) is 9.56. The van der Waals surface area contributed by atoms with Crippen LogP contribution >= 0.6 is 0 Å². The molecule has 2 bridgehead atoms. The molecule has 2 aliphatic rings. The van der Waals surface area contributed by atoms with Crippen LogP contribution in [0.15, 0.2) is 4.42 Å². The molecule has 0 spiro atoms. The van der Waals surface area contributed by atoms with E-state index in [4.69, 9.17) is 19.4 Å². The maximum Gasteiger partial charge on any atom is 0.345 e. The molecule has 0 aliphatic carbocycles. The summed E-state index contributed by atoms with van der Waals surface area (Å²) in [6.45, 7) is 14.7. The molecule has 3 atom stereocenters. The van der Waals surface area contributed by atoms with Crippen molar-refractivity contribution in [1.29, 1.82) is 0 Å². The first kappa shape index (κ1) is 24.2. The number of hydrogen-bond donors (Lipinski definition) is 1. The largest absolute Gasteiger partial charge is 0.423 e. The Morgan fingerprint density at radius 2 is 2.03 bits per heavy atom. The number of nitrogens with zero attached hydrogens (tertiary/aromatic N) is 4. The van der Waals surface area contributed by atoms with Gasteiger partial charge in [-0.15, -0.1) is 10.2 Å². The first-order chi connectivity index (χ1) is 14.6.